The molecule has 106 valence electrons. The second-order valence-electron chi connectivity index (χ2n) is 5.95. The first-order chi connectivity index (χ1) is 9.06. The molecule has 0 saturated carbocycles. The van der Waals surface area contributed by atoms with Crippen molar-refractivity contribution in [3.8, 4) is 0 Å². The Morgan fingerprint density at radius 1 is 1.32 bits per heavy atom. The summed E-state index contributed by atoms with van der Waals surface area (Å²) >= 11 is 5.85. The predicted octanol–water partition coefficient (Wildman–Crippen LogP) is 3.74. The maximum Gasteiger partial charge on any atom is 0.0802 e. The van der Waals surface area contributed by atoms with Crippen molar-refractivity contribution in [3.05, 3.63) is 34.9 Å². The second kappa shape index (κ2) is 6.74. The van der Waals surface area contributed by atoms with Crippen LogP contribution in [0.1, 0.15) is 38.4 Å². The van der Waals surface area contributed by atoms with Gasteiger partial charge >= 0.3 is 0 Å². The molecule has 1 fully saturated rings. The monoisotopic (exact) mass is 281 g/mol. The maximum absolute atomic E-state index is 10.2. The van der Waals surface area contributed by atoms with Gasteiger partial charge in [-0.2, -0.15) is 0 Å². The highest BCUT2D eigenvalue weighted by atomic mass is 35.5. The molecule has 19 heavy (non-hydrogen) atoms. The van der Waals surface area contributed by atoms with Gasteiger partial charge in [-0.05, 0) is 48.9 Å². The van der Waals surface area contributed by atoms with Gasteiger partial charge in [0, 0.05) is 18.1 Å². The minimum absolute atomic E-state index is 0.379. The SMILES string of the molecule is CC(C)C1CCN(CCC(O)c2ccc(Cl)cc2)C1. The number of rotatable bonds is 5. The smallest absolute Gasteiger partial charge is 0.0802 e. The molecule has 1 heterocycles. The van der Waals surface area contributed by atoms with E-state index in [2.05, 4.69) is 18.7 Å². The van der Waals surface area contributed by atoms with Crippen LogP contribution in [0.5, 0.6) is 0 Å². The van der Waals surface area contributed by atoms with E-state index in [9.17, 15) is 5.11 Å². The van der Waals surface area contributed by atoms with Crippen LogP contribution in [0.2, 0.25) is 5.02 Å². The zero-order valence-electron chi connectivity index (χ0n) is 11.8. The molecule has 3 heteroatoms. The van der Waals surface area contributed by atoms with Crippen LogP contribution in [0, 0.1) is 11.8 Å². The molecule has 1 aromatic rings. The second-order valence-corrected chi connectivity index (χ2v) is 6.39. The summed E-state index contributed by atoms with van der Waals surface area (Å²) in [6, 6.07) is 7.50. The van der Waals surface area contributed by atoms with Gasteiger partial charge in [0.2, 0.25) is 0 Å². The number of aliphatic hydroxyl groups is 1. The highest BCUT2D eigenvalue weighted by Crippen LogP contribution is 2.25. The zero-order valence-corrected chi connectivity index (χ0v) is 12.6. The van der Waals surface area contributed by atoms with Gasteiger partial charge in [0.15, 0.2) is 0 Å². The van der Waals surface area contributed by atoms with Gasteiger partial charge in [-0.25, -0.2) is 0 Å². The van der Waals surface area contributed by atoms with Crippen molar-refractivity contribution in [2.45, 2.75) is 32.8 Å². The van der Waals surface area contributed by atoms with Gasteiger partial charge in [-0.15, -0.1) is 0 Å². The summed E-state index contributed by atoms with van der Waals surface area (Å²) < 4.78 is 0. The summed E-state index contributed by atoms with van der Waals surface area (Å²) in [5.74, 6) is 1.60. The number of hydrogen-bond acceptors (Lipinski definition) is 2. The molecule has 2 nitrogen and oxygen atoms in total. The standard InChI is InChI=1S/C16H24ClNO/c1-12(2)14-7-9-18(11-14)10-8-16(19)13-3-5-15(17)6-4-13/h3-6,12,14,16,19H,7-11H2,1-2H3. The Kier molecular flexibility index (Phi) is 5.26. The molecule has 2 rings (SSSR count). The highest BCUT2D eigenvalue weighted by molar-refractivity contribution is 6.30. The summed E-state index contributed by atoms with van der Waals surface area (Å²) in [6.45, 7) is 7.95. The summed E-state index contributed by atoms with van der Waals surface area (Å²) in [4.78, 5) is 2.48. The molecule has 1 N–H and O–H groups in total. The lowest BCUT2D eigenvalue weighted by molar-refractivity contribution is 0.147. The molecule has 1 aliphatic rings. The Morgan fingerprint density at radius 3 is 2.58 bits per heavy atom. The van der Waals surface area contributed by atoms with Crippen LogP contribution in [-0.4, -0.2) is 29.6 Å². The van der Waals surface area contributed by atoms with E-state index in [0.29, 0.717) is 0 Å². The summed E-state index contributed by atoms with van der Waals surface area (Å²) in [6.07, 6.45) is 1.72. The van der Waals surface area contributed by atoms with Crippen molar-refractivity contribution in [2.24, 2.45) is 11.8 Å². The van der Waals surface area contributed by atoms with Crippen molar-refractivity contribution in [1.29, 1.82) is 0 Å². The van der Waals surface area contributed by atoms with E-state index in [1.807, 2.05) is 24.3 Å². The lowest BCUT2D eigenvalue weighted by Crippen LogP contribution is -2.24. The molecular formula is C16H24ClNO. The fraction of sp³-hybridized carbons (Fsp3) is 0.625. The van der Waals surface area contributed by atoms with Crippen molar-refractivity contribution in [3.63, 3.8) is 0 Å². The largest absolute Gasteiger partial charge is 0.388 e. The van der Waals surface area contributed by atoms with E-state index >= 15 is 0 Å². The van der Waals surface area contributed by atoms with Crippen LogP contribution in [0.25, 0.3) is 0 Å². The fourth-order valence-corrected chi connectivity index (χ4v) is 2.89. The minimum atomic E-state index is -0.379. The van der Waals surface area contributed by atoms with Crippen molar-refractivity contribution < 1.29 is 5.11 Å². The number of halogens is 1. The Morgan fingerprint density at radius 2 is 2.00 bits per heavy atom. The third-order valence-electron chi connectivity index (χ3n) is 4.23. The molecule has 0 bridgehead atoms. The first-order valence-corrected chi connectivity index (χ1v) is 7.60. The Hall–Kier alpha value is -0.570. The Bertz CT molecular complexity index is 390. The van der Waals surface area contributed by atoms with E-state index in [1.165, 1.54) is 19.5 Å². The first kappa shape index (κ1) is 14.8. The average molecular weight is 282 g/mol. The summed E-state index contributed by atoms with van der Waals surface area (Å²) in [7, 11) is 0. The predicted molar refractivity (Wildman–Crippen MR) is 80.4 cm³/mol. The molecule has 0 spiro atoms. The van der Waals surface area contributed by atoms with Gasteiger partial charge in [-0.3, -0.25) is 0 Å². The number of hydrogen-bond donors (Lipinski definition) is 1. The van der Waals surface area contributed by atoms with Gasteiger partial charge in [-0.1, -0.05) is 37.6 Å². The molecule has 0 aromatic heterocycles. The molecule has 2 unspecified atom stereocenters. The van der Waals surface area contributed by atoms with Crippen molar-refractivity contribution >= 4 is 11.6 Å². The number of aliphatic hydroxyl groups excluding tert-OH is 1. The summed E-state index contributed by atoms with van der Waals surface area (Å²) in [5, 5.41) is 10.9. The van der Waals surface area contributed by atoms with Crippen LogP contribution in [0.15, 0.2) is 24.3 Å². The molecule has 0 aliphatic carbocycles. The lowest BCUT2D eigenvalue weighted by atomic mass is 9.95. The third-order valence-corrected chi connectivity index (χ3v) is 4.48. The molecule has 1 aliphatic heterocycles. The zero-order chi connectivity index (χ0) is 13.8. The molecule has 0 radical (unpaired) electrons. The number of nitrogens with zero attached hydrogens (tertiary/aromatic N) is 1. The van der Waals surface area contributed by atoms with Gasteiger partial charge < -0.3 is 10.0 Å². The van der Waals surface area contributed by atoms with Crippen molar-refractivity contribution in [1.82, 2.24) is 4.90 Å². The number of benzene rings is 1. The van der Waals surface area contributed by atoms with Crippen LogP contribution in [0.4, 0.5) is 0 Å². The normalized spacial score (nSPS) is 22.1. The average Bonchev–Trinajstić information content (AvgIpc) is 2.86. The van der Waals surface area contributed by atoms with Crippen LogP contribution >= 0.6 is 11.6 Å². The van der Waals surface area contributed by atoms with E-state index in [1.54, 1.807) is 0 Å². The van der Waals surface area contributed by atoms with Crippen molar-refractivity contribution in [2.75, 3.05) is 19.6 Å². The topological polar surface area (TPSA) is 23.5 Å². The van der Waals surface area contributed by atoms with E-state index in [4.69, 9.17) is 11.6 Å². The fourth-order valence-electron chi connectivity index (χ4n) is 2.77. The highest BCUT2D eigenvalue weighted by Gasteiger charge is 2.24. The van der Waals surface area contributed by atoms with Crippen LogP contribution in [0.3, 0.4) is 0 Å². The van der Waals surface area contributed by atoms with E-state index in [-0.39, 0.29) is 6.10 Å². The molecule has 0 amide bonds. The van der Waals surface area contributed by atoms with E-state index < -0.39 is 0 Å². The number of likely N-dealkylation sites (tertiary alicyclic amines) is 1. The van der Waals surface area contributed by atoms with E-state index in [0.717, 1.165) is 35.4 Å². The van der Waals surface area contributed by atoms with Gasteiger partial charge in [0.05, 0.1) is 6.10 Å². The Balaban J connectivity index is 1.78. The van der Waals surface area contributed by atoms with Gasteiger partial charge in [0.1, 0.15) is 0 Å². The van der Waals surface area contributed by atoms with Crippen LogP contribution < -0.4 is 0 Å². The quantitative estimate of drug-likeness (QED) is 0.889. The maximum atomic E-state index is 10.2. The molecule has 1 saturated heterocycles. The Labute approximate surface area is 121 Å². The minimum Gasteiger partial charge on any atom is -0.388 e. The molecule has 1 aromatic carbocycles. The molecule has 2 atom stereocenters. The lowest BCUT2D eigenvalue weighted by Gasteiger charge is -2.19. The van der Waals surface area contributed by atoms with Crippen LogP contribution in [-0.2, 0) is 0 Å². The first-order valence-electron chi connectivity index (χ1n) is 7.22. The third kappa shape index (κ3) is 4.20. The summed E-state index contributed by atoms with van der Waals surface area (Å²) in [5.41, 5.74) is 0.962. The van der Waals surface area contributed by atoms with Gasteiger partial charge in [0.25, 0.3) is 0 Å². The molecular weight excluding hydrogens is 258 g/mol.